The minimum Gasteiger partial charge on any atom is -0.487 e. The van der Waals surface area contributed by atoms with Crippen molar-refractivity contribution in [1.29, 1.82) is 0 Å². The molecule has 1 aromatic carbocycles. The molecule has 0 unspecified atom stereocenters. The molecule has 0 atom stereocenters. The van der Waals surface area contributed by atoms with Crippen LogP contribution in [0.3, 0.4) is 0 Å². The van der Waals surface area contributed by atoms with Gasteiger partial charge in [-0.3, -0.25) is 14.9 Å². The fourth-order valence-corrected chi connectivity index (χ4v) is 2.11. The summed E-state index contributed by atoms with van der Waals surface area (Å²) >= 11 is 0. The van der Waals surface area contributed by atoms with Crippen molar-refractivity contribution >= 4 is 17.3 Å². The molecule has 1 aromatic rings. The van der Waals surface area contributed by atoms with Crippen molar-refractivity contribution in [2.75, 3.05) is 24.6 Å². The van der Waals surface area contributed by atoms with E-state index in [-0.39, 0.29) is 24.5 Å². The molecule has 0 spiro atoms. The second kappa shape index (κ2) is 5.77. The summed E-state index contributed by atoms with van der Waals surface area (Å²) in [5.41, 5.74) is 0.325. The number of anilines is 1. The second-order valence-electron chi connectivity index (χ2n) is 4.67. The molecule has 0 bridgehead atoms. The van der Waals surface area contributed by atoms with E-state index >= 15 is 0 Å². The van der Waals surface area contributed by atoms with Crippen LogP contribution < -0.4 is 9.64 Å². The van der Waals surface area contributed by atoms with Gasteiger partial charge in [-0.2, -0.15) is 0 Å². The van der Waals surface area contributed by atoms with Crippen LogP contribution >= 0.6 is 0 Å². The zero-order chi connectivity index (χ0) is 14.7. The lowest BCUT2D eigenvalue weighted by molar-refractivity contribution is -0.385. The van der Waals surface area contributed by atoms with Crippen LogP contribution in [-0.4, -0.2) is 35.7 Å². The lowest BCUT2D eigenvalue weighted by Crippen LogP contribution is -2.50. The molecule has 1 heterocycles. The molecule has 7 nitrogen and oxygen atoms in total. The van der Waals surface area contributed by atoms with Crippen molar-refractivity contribution in [2.24, 2.45) is 5.92 Å². The molecular formula is C13H16N2O5. The highest BCUT2D eigenvalue weighted by Crippen LogP contribution is 2.39. The van der Waals surface area contributed by atoms with Crippen LogP contribution in [-0.2, 0) is 4.79 Å². The molecule has 1 N–H and O–H groups in total. The Hall–Kier alpha value is -2.31. The molecule has 1 fully saturated rings. The van der Waals surface area contributed by atoms with Gasteiger partial charge in [-0.25, -0.2) is 0 Å². The van der Waals surface area contributed by atoms with Gasteiger partial charge < -0.3 is 14.7 Å². The number of hydrogen-bond donors (Lipinski definition) is 1. The highest BCUT2D eigenvalue weighted by molar-refractivity contribution is 5.77. The van der Waals surface area contributed by atoms with E-state index in [0.29, 0.717) is 12.3 Å². The summed E-state index contributed by atoms with van der Waals surface area (Å²) in [4.78, 5) is 23.3. The summed E-state index contributed by atoms with van der Waals surface area (Å²) in [7, 11) is 0. The lowest BCUT2D eigenvalue weighted by atomic mass is 9.99. The Morgan fingerprint density at radius 1 is 1.55 bits per heavy atom. The van der Waals surface area contributed by atoms with E-state index in [1.165, 1.54) is 0 Å². The number of carbonyl (C=O) groups is 1. The number of aliphatic carboxylic acids is 1. The standard InChI is InChI=1S/C13H16N2O5/c1-2-6-20-11-5-3-4-10(12(11)15(18)19)14-7-9(8-14)13(16)17/h3-5,9H,2,6-8H2,1H3,(H,16,17). The van der Waals surface area contributed by atoms with Crippen molar-refractivity contribution in [3.63, 3.8) is 0 Å². The fourth-order valence-electron chi connectivity index (χ4n) is 2.11. The van der Waals surface area contributed by atoms with E-state index in [2.05, 4.69) is 0 Å². The normalized spacial score (nSPS) is 14.8. The first-order valence-electron chi connectivity index (χ1n) is 6.42. The van der Waals surface area contributed by atoms with Gasteiger partial charge in [0.2, 0.25) is 0 Å². The third kappa shape index (κ3) is 2.66. The van der Waals surface area contributed by atoms with Crippen LogP contribution in [0.25, 0.3) is 0 Å². The van der Waals surface area contributed by atoms with Gasteiger partial charge in [-0.05, 0) is 18.6 Å². The van der Waals surface area contributed by atoms with Gasteiger partial charge in [0.25, 0.3) is 0 Å². The highest BCUT2D eigenvalue weighted by Gasteiger charge is 2.36. The maximum Gasteiger partial charge on any atom is 0.333 e. The van der Waals surface area contributed by atoms with Gasteiger partial charge in [-0.1, -0.05) is 13.0 Å². The number of nitrogens with zero attached hydrogens (tertiary/aromatic N) is 2. The van der Waals surface area contributed by atoms with Gasteiger partial charge in [-0.15, -0.1) is 0 Å². The number of carboxylic acid groups (broad SMARTS) is 1. The second-order valence-corrected chi connectivity index (χ2v) is 4.67. The van der Waals surface area contributed by atoms with Crippen LogP contribution in [0.1, 0.15) is 13.3 Å². The zero-order valence-electron chi connectivity index (χ0n) is 11.1. The minimum atomic E-state index is -0.873. The molecular weight excluding hydrogens is 264 g/mol. The number of nitro groups is 1. The summed E-state index contributed by atoms with van der Waals surface area (Å²) < 4.78 is 5.40. The zero-order valence-corrected chi connectivity index (χ0v) is 11.1. The van der Waals surface area contributed by atoms with Gasteiger partial charge >= 0.3 is 11.7 Å². The van der Waals surface area contributed by atoms with Gasteiger partial charge in [0.15, 0.2) is 5.75 Å². The van der Waals surface area contributed by atoms with Crippen molar-refractivity contribution in [3.8, 4) is 5.75 Å². The Morgan fingerprint density at radius 3 is 2.80 bits per heavy atom. The Kier molecular flexibility index (Phi) is 4.07. The van der Waals surface area contributed by atoms with E-state index in [9.17, 15) is 14.9 Å². The number of para-hydroxylation sites is 1. The molecule has 1 aliphatic heterocycles. The minimum absolute atomic E-state index is 0.0928. The maximum atomic E-state index is 11.2. The first kappa shape index (κ1) is 14.1. The summed E-state index contributed by atoms with van der Waals surface area (Å²) in [6, 6.07) is 4.86. The van der Waals surface area contributed by atoms with Crippen LogP contribution in [0.4, 0.5) is 11.4 Å². The molecule has 0 radical (unpaired) electrons. The van der Waals surface area contributed by atoms with Gasteiger partial charge in [0.05, 0.1) is 17.4 Å². The summed E-state index contributed by atoms with van der Waals surface area (Å²) in [6.07, 6.45) is 0.756. The molecule has 0 amide bonds. The predicted octanol–water partition coefficient (Wildman–Crippen LogP) is 1.90. The molecule has 0 saturated carbocycles. The molecule has 0 aliphatic carbocycles. The van der Waals surface area contributed by atoms with E-state index in [0.717, 1.165) is 6.42 Å². The summed E-state index contributed by atoms with van der Waals surface area (Å²) in [5, 5.41) is 20.1. The molecule has 20 heavy (non-hydrogen) atoms. The molecule has 1 saturated heterocycles. The van der Waals surface area contributed by atoms with Crippen LogP contribution in [0, 0.1) is 16.0 Å². The van der Waals surface area contributed by atoms with E-state index in [1.54, 1.807) is 23.1 Å². The van der Waals surface area contributed by atoms with Crippen molar-refractivity contribution in [2.45, 2.75) is 13.3 Å². The average molecular weight is 280 g/mol. The number of ether oxygens (including phenoxy) is 1. The third-order valence-corrected chi connectivity index (χ3v) is 3.19. The van der Waals surface area contributed by atoms with Gasteiger partial charge in [0.1, 0.15) is 5.69 Å². The average Bonchev–Trinajstić information content (AvgIpc) is 2.33. The molecule has 1 aliphatic rings. The number of nitro benzene ring substituents is 1. The van der Waals surface area contributed by atoms with Crippen molar-refractivity contribution in [3.05, 3.63) is 28.3 Å². The first-order valence-corrected chi connectivity index (χ1v) is 6.42. The fraction of sp³-hybridized carbons (Fsp3) is 0.462. The van der Waals surface area contributed by atoms with E-state index in [4.69, 9.17) is 9.84 Å². The van der Waals surface area contributed by atoms with Crippen LogP contribution in [0.15, 0.2) is 18.2 Å². The van der Waals surface area contributed by atoms with Crippen molar-refractivity contribution in [1.82, 2.24) is 0 Å². The van der Waals surface area contributed by atoms with Crippen molar-refractivity contribution < 1.29 is 19.6 Å². The Balaban J connectivity index is 2.24. The highest BCUT2D eigenvalue weighted by atomic mass is 16.6. The topological polar surface area (TPSA) is 92.9 Å². The molecule has 2 rings (SSSR count). The number of hydrogen-bond acceptors (Lipinski definition) is 5. The van der Waals surface area contributed by atoms with Gasteiger partial charge in [0, 0.05) is 13.1 Å². The quantitative estimate of drug-likeness (QED) is 0.632. The van der Waals surface area contributed by atoms with Crippen LogP contribution in [0.2, 0.25) is 0 Å². The third-order valence-electron chi connectivity index (χ3n) is 3.19. The SMILES string of the molecule is CCCOc1cccc(N2CC(C(=O)O)C2)c1[N+](=O)[O-]. The smallest absolute Gasteiger partial charge is 0.333 e. The summed E-state index contributed by atoms with van der Waals surface area (Å²) in [5.74, 6) is -1.11. The van der Waals surface area contributed by atoms with E-state index in [1.807, 2.05) is 6.92 Å². The monoisotopic (exact) mass is 280 g/mol. The van der Waals surface area contributed by atoms with Crippen LogP contribution in [0.5, 0.6) is 5.75 Å². The first-order chi connectivity index (χ1) is 9.54. The molecule has 108 valence electrons. The number of carboxylic acids is 1. The number of benzene rings is 1. The number of rotatable bonds is 6. The lowest BCUT2D eigenvalue weighted by Gasteiger charge is -2.38. The maximum absolute atomic E-state index is 11.2. The largest absolute Gasteiger partial charge is 0.487 e. The Labute approximate surface area is 115 Å². The predicted molar refractivity (Wildman–Crippen MR) is 72.2 cm³/mol. The Morgan fingerprint density at radius 2 is 2.25 bits per heavy atom. The Bertz CT molecular complexity index is 525. The summed E-state index contributed by atoms with van der Waals surface area (Å²) in [6.45, 7) is 2.89. The molecule has 7 heteroatoms. The molecule has 0 aromatic heterocycles. The van der Waals surface area contributed by atoms with E-state index < -0.39 is 16.8 Å².